The van der Waals surface area contributed by atoms with Crippen molar-refractivity contribution in [3.63, 3.8) is 0 Å². The van der Waals surface area contributed by atoms with E-state index in [-0.39, 0.29) is 11.1 Å². The first-order chi connectivity index (χ1) is 11.2. The van der Waals surface area contributed by atoms with E-state index in [1.807, 2.05) is 0 Å². The summed E-state index contributed by atoms with van der Waals surface area (Å²) in [6, 6.07) is 8.61. The Morgan fingerprint density at radius 2 is 1.58 bits per heavy atom. The van der Waals surface area contributed by atoms with Gasteiger partial charge in [-0.25, -0.2) is 0 Å². The van der Waals surface area contributed by atoms with Gasteiger partial charge in [-0.2, -0.15) is 17.6 Å². The van der Waals surface area contributed by atoms with Gasteiger partial charge < -0.3 is 5.11 Å². The van der Waals surface area contributed by atoms with Crippen LogP contribution in [0.1, 0.15) is 40.2 Å². The van der Waals surface area contributed by atoms with Crippen molar-refractivity contribution >= 4 is 5.97 Å². The van der Waals surface area contributed by atoms with Gasteiger partial charge in [0.2, 0.25) is 0 Å². The van der Waals surface area contributed by atoms with E-state index in [2.05, 4.69) is 0 Å². The average molecular weight is 338 g/mol. The van der Waals surface area contributed by atoms with Gasteiger partial charge in [0.15, 0.2) is 0 Å². The van der Waals surface area contributed by atoms with Crippen molar-refractivity contribution in [2.24, 2.45) is 0 Å². The lowest BCUT2D eigenvalue weighted by Gasteiger charge is -2.27. The number of aliphatic carboxylic acids is 1. The lowest BCUT2D eigenvalue weighted by molar-refractivity contribution is -0.223. The molecule has 1 aliphatic carbocycles. The largest absolute Gasteiger partial charge is 0.481 e. The van der Waals surface area contributed by atoms with Crippen molar-refractivity contribution in [3.05, 3.63) is 70.3 Å². The number of hydrogen-bond acceptors (Lipinski definition) is 1. The van der Waals surface area contributed by atoms with E-state index in [0.29, 0.717) is 5.56 Å². The number of fused-ring (bicyclic) bond motifs is 2. The average Bonchev–Trinajstić information content (AvgIpc) is 2.55. The number of carboxylic acids is 1. The fraction of sp³-hybridized carbons (Fsp3) is 0.278. The first kappa shape index (κ1) is 16.5. The van der Waals surface area contributed by atoms with Crippen LogP contribution in [0.2, 0.25) is 0 Å². The van der Waals surface area contributed by atoms with Crippen molar-refractivity contribution < 1.29 is 27.5 Å². The quantitative estimate of drug-likeness (QED) is 0.799. The van der Waals surface area contributed by atoms with E-state index in [4.69, 9.17) is 5.11 Å². The molecule has 0 heterocycles. The molecule has 1 N–H and O–H groups in total. The molecule has 1 aliphatic rings. The minimum absolute atomic E-state index is 0.0629. The topological polar surface area (TPSA) is 37.3 Å². The highest BCUT2D eigenvalue weighted by atomic mass is 19.3. The van der Waals surface area contributed by atoms with Crippen molar-refractivity contribution in [3.8, 4) is 0 Å². The lowest BCUT2D eigenvalue weighted by atomic mass is 9.85. The van der Waals surface area contributed by atoms with Crippen LogP contribution in [0.15, 0.2) is 42.5 Å². The third kappa shape index (κ3) is 2.28. The highest BCUT2D eigenvalue weighted by molar-refractivity contribution is 5.70. The second-order valence-corrected chi connectivity index (χ2v) is 5.98. The molecule has 126 valence electrons. The first-order valence-corrected chi connectivity index (χ1v) is 7.34. The Bertz CT molecular complexity index is 814. The van der Waals surface area contributed by atoms with E-state index in [9.17, 15) is 22.4 Å². The Kier molecular flexibility index (Phi) is 3.66. The zero-order chi connectivity index (χ0) is 17.7. The zero-order valence-corrected chi connectivity index (χ0v) is 12.7. The second-order valence-electron chi connectivity index (χ2n) is 5.98. The SMILES string of the molecule is Cc1ccc2c(c1)C(CC(=O)O)c1ccccc1C(F)(F)C2(F)F. The van der Waals surface area contributed by atoms with Crippen LogP contribution in [0.3, 0.4) is 0 Å². The molecule has 0 bridgehead atoms. The summed E-state index contributed by atoms with van der Waals surface area (Å²) in [7, 11) is 0. The van der Waals surface area contributed by atoms with Gasteiger partial charge in [-0.15, -0.1) is 0 Å². The molecule has 1 atom stereocenters. The summed E-state index contributed by atoms with van der Waals surface area (Å²) in [5.41, 5.74) is -1.18. The summed E-state index contributed by atoms with van der Waals surface area (Å²) in [5, 5.41) is 9.16. The Morgan fingerprint density at radius 3 is 2.21 bits per heavy atom. The number of carboxylic acid groups (broad SMARTS) is 1. The van der Waals surface area contributed by atoms with Crippen LogP contribution in [-0.4, -0.2) is 11.1 Å². The highest BCUT2D eigenvalue weighted by Gasteiger charge is 2.62. The van der Waals surface area contributed by atoms with Crippen LogP contribution in [0, 0.1) is 6.92 Å². The predicted octanol–water partition coefficient (Wildman–Crippen LogP) is 4.80. The van der Waals surface area contributed by atoms with E-state index in [1.165, 1.54) is 30.3 Å². The molecule has 0 saturated heterocycles. The van der Waals surface area contributed by atoms with E-state index in [1.54, 1.807) is 6.92 Å². The zero-order valence-electron chi connectivity index (χ0n) is 12.7. The van der Waals surface area contributed by atoms with Gasteiger partial charge >= 0.3 is 17.8 Å². The number of halogens is 4. The molecule has 2 aromatic rings. The molecule has 0 aliphatic heterocycles. The maximum absolute atomic E-state index is 14.7. The number of rotatable bonds is 2. The summed E-state index contributed by atoms with van der Waals surface area (Å²) in [5.74, 6) is -11.2. The predicted molar refractivity (Wildman–Crippen MR) is 79.5 cm³/mol. The Morgan fingerprint density at radius 1 is 1.00 bits per heavy atom. The molecule has 0 saturated carbocycles. The van der Waals surface area contributed by atoms with Gasteiger partial charge in [-0.3, -0.25) is 4.79 Å². The third-order valence-corrected chi connectivity index (χ3v) is 4.37. The van der Waals surface area contributed by atoms with E-state index < -0.39 is 41.3 Å². The van der Waals surface area contributed by atoms with Crippen LogP contribution in [-0.2, 0) is 16.6 Å². The molecule has 1 unspecified atom stereocenters. The van der Waals surface area contributed by atoms with Gasteiger partial charge in [0.25, 0.3) is 0 Å². The molecule has 0 radical (unpaired) electrons. The van der Waals surface area contributed by atoms with Gasteiger partial charge in [0.05, 0.1) is 6.42 Å². The lowest BCUT2D eigenvalue weighted by Crippen LogP contribution is -2.35. The van der Waals surface area contributed by atoms with Crippen molar-refractivity contribution in [1.29, 1.82) is 0 Å². The summed E-state index contributed by atoms with van der Waals surface area (Å²) in [6.07, 6.45) is -0.542. The molecule has 3 rings (SSSR count). The number of aryl methyl sites for hydroxylation is 1. The molecule has 0 aromatic heterocycles. The van der Waals surface area contributed by atoms with Crippen LogP contribution < -0.4 is 0 Å². The minimum atomic E-state index is -4.43. The molecular formula is C18H14F4O2. The minimum Gasteiger partial charge on any atom is -0.481 e. The maximum atomic E-state index is 14.7. The molecule has 0 amide bonds. The van der Waals surface area contributed by atoms with Crippen molar-refractivity contribution in [1.82, 2.24) is 0 Å². The third-order valence-electron chi connectivity index (χ3n) is 4.37. The fourth-order valence-electron chi connectivity index (χ4n) is 3.24. The maximum Gasteiger partial charge on any atom is 0.340 e. The Labute approximate surface area is 135 Å². The second kappa shape index (κ2) is 5.33. The van der Waals surface area contributed by atoms with Gasteiger partial charge in [-0.1, -0.05) is 48.0 Å². The van der Waals surface area contributed by atoms with Gasteiger partial charge in [0.1, 0.15) is 0 Å². The first-order valence-electron chi connectivity index (χ1n) is 7.34. The monoisotopic (exact) mass is 338 g/mol. The number of alkyl halides is 4. The van der Waals surface area contributed by atoms with Gasteiger partial charge in [0, 0.05) is 17.0 Å². The number of carbonyl (C=O) groups is 1. The van der Waals surface area contributed by atoms with Crippen LogP contribution >= 0.6 is 0 Å². The highest BCUT2D eigenvalue weighted by Crippen LogP contribution is 2.56. The fourth-order valence-corrected chi connectivity index (χ4v) is 3.24. The van der Waals surface area contributed by atoms with Crippen LogP contribution in [0.5, 0.6) is 0 Å². The molecule has 24 heavy (non-hydrogen) atoms. The standard InChI is InChI=1S/C18H14F4O2/c1-10-6-7-15-13(8-10)12(9-16(23)24)11-4-2-3-5-14(11)17(19,20)18(15,21)22/h2-8,12H,9H2,1H3,(H,23,24). The van der Waals surface area contributed by atoms with E-state index in [0.717, 1.165) is 12.1 Å². The Balaban J connectivity index is 2.41. The summed E-state index contributed by atoms with van der Waals surface area (Å²) < 4.78 is 58.6. The normalized spacial score (nSPS) is 20.6. The summed E-state index contributed by atoms with van der Waals surface area (Å²) >= 11 is 0. The molecule has 6 heteroatoms. The smallest absolute Gasteiger partial charge is 0.340 e. The Hall–Kier alpha value is -2.37. The molecule has 0 spiro atoms. The molecule has 2 aromatic carbocycles. The molecule has 2 nitrogen and oxygen atoms in total. The number of hydrogen-bond donors (Lipinski definition) is 1. The molecule has 0 fully saturated rings. The summed E-state index contributed by atoms with van der Waals surface area (Å²) in [6.45, 7) is 1.64. The van der Waals surface area contributed by atoms with Crippen molar-refractivity contribution in [2.45, 2.75) is 31.1 Å². The summed E-state index contributed by atoms with van der Waals surface area (Å²) in [4.78, 5) is 11.2. The molecular weight excluding hydrogens is 324 g/mol. The van der Waals surface area contributed by atoms with Crippen LogP contribution in [0.4, 0.5) is 17.6 Å². The van der Waals surface area contributed by atoms with Crippen molar-refractivity contribution in [2.75, 3.05) is 0 Å². The van der Waals surface area contributed by atoms with E-state index >= 15 is 0 Å². The van der Waals surface area contributed by atoms with Gasteiger partial charge in [-0.05, 0) is 18.1 Å². The number of benzene rings is 2. The van der Waals surface area contributed by atoms with Crippen LogP contribution in [0.25, 0.3) is 0 Å².